The van der Waals surface area contributed by atoms with Gasteiger partial charge < -0.3 is 20.5 Å². The minimum atomic E-state index is -0.592. The molecule has 10 heteroatoms. The number of rotatable bonds is 9. The van der Waals surface area contributed by atoms with Crippen molar-refractivity contribution in [1.82, 2.24) is 29.7 Å². The SMILES string of the molecule is COC[C@H](C)Nc1ncc2c(-c3cnn(C4(C(=O)NC(C)C)CC4)c3)cc(C3CCC(O)CC3)n2n1. The second kappa shape index (κ2) is 9.82. The minimum absolute atomic E-state index is 0.0274. The molecule has 5 rings (SSSR count). The standard InChI is InChI=1S/C26H37N7O3/c1-16(2)29-24(35)26(9-10-26)32-14-19(12-28-32)21-11-22(18-5-7-20(34)8-6-18)33-23(21)13-27-25(31-33)30-17(3)15-36-4/h11-14,16-18,20,34H,5-10,15H2,1-4H3,(H,29,35)(H,30,31)/t17-,18?,20?/m0/s1. The molecule has 3 N–H and O–H groups in total. The lowest BCUT2D eigenvalue weighted by atomic mass is 9.85. The van der Waals surface area contributed by atoms with Crippen molar-refractivity contribution in [1.29, 1.82) is 0 Å². The van der Waals surface area contributed by atoms with E-state index in [2.05, 4.69) is 26.8 Å². The van der Waals surface area contributed by atoms with Crippen LogP contribution in [0.4, 0.5) is 5.95 Å². The highest BCUT2D eigenvalue weighted by molar-refractivity contribution is 5.88. The Labute approximate surface area is 211 Å². The summed E-state index contributed by atoms with van der Waals surface area (Å²) in [5, 5.41) is 25.9. The molecule has 3 heterocycles. The molecule has 36 heavy (non-hydrogen) atoms. The number of aliphatic hydroxyl groups excluding tert-OH is 1. The molecule has 2 aliphatic rings. The third-order valence-corrected chi connectivity index (χ3v) is 7.35. The average Bonchev–Trinajstić information content (AvgIpc) is 3.35. The third kappa shape index (κ3) is 4.71. The van der Waals surface area contributed by atoms with Crippen molar-refractivity contribution in [2.75, 3.05) is 19.0 Å². The number of nitrogens with one attached hydrogen (secondary N) is 2. The molecule has 0 unspecified atom stereocenters. The van der Waals surface area contributed by atoms with Crippen molar-refractivity contribution in [3.63, 3.8) is 0 Å². The first-order chi connectivity index (χ1) is 17.3. The number of methoxy groups -OCH3 is 1. The van der Waals surface area contributed by atoms with Crippen LogP contribution in [-0.2, 0) is 15.1 Å². The molecule has 0 aliphatic heterocycles. The second-order valence-electron chi connectivity index (χ2n) is 10.7. The van der Waals surface area contributed by atoms with E-state index < -0.39 is 5.54 Å². The number of hydrogen-bond donors (Lipinski definition) is 3. The van der Waals surface area contributed by atoms with Crippen LogP contribution in [0, 0.1) is 0 Å². The summed E-state index contributed by atoms with van der Waals surface area (Å²) in [5.74, 6) is 0.874. The Morgan fingerprint density at radius 2 is 1.97 bits per heavy atom. The van der Waals surface area contributed by atoms with Crippen molar-refractivity contribution >= 4 is 17.4 Å². The predicted octanol–water partition coefficient (Wildman–Crippen LogP) is 3.07. The number of amides is 1. The third-order valence-electron chi connectivity index (χ3n) is 7.35. The number of ether oxygens (including phenoxy) is 1. The van der Waals surface area contributed by atoms with Gasteiger partial charge in [-0.25, -0.2) is 9.50 Å². The number of anilines is 1. The molecule has 1 amide bonds. The molecule has 3 aromatic heterocycles. The van der Waals surface area contributed by atoms with Gasteiger partial charge in [0.15, 0.2) is 0 Å². The largest absolute Gasteiger partial charge is 0.393 e. The first-order valence-corrected chi connectivity index (χ1v) is 13.0. The van der Waals surface area contributed by atoms with Crippen molar-refractivity contribution in [2.24, 2.45) is 0 Å². The topological polar surface area (TPSA) is 119 Å². The molecular weight excluding hydrogens is 458 g/mol. The molecule has 0 aromatic carbocycles. The fourth-order valence-electron chi connectivity index (χ4n) is 5.26. The Hall–Kier alpha value is -2.98. The van der Waals surface area contributed by atoms with Gasteiger partial charge in [-0.05, 0) is 65.4 Å². The van der Waals surface area contributed by atoms with Crippen molar-refractivity contribution in [3.05, 3.63) is 30.4 Å². The smallest absolute Gasteiger partial charge is 0.248 e. The van der Waals surface area contributed by atoms with Crippen LogP contribution in [0.3, 0.4) is 0 Å². The number of nitrogens with zero attached hydrogens (tertiary/aromatic N) is 5. The molecule has 2 fully saturated rings. The fraction of sp³-hybridized carbons (Fsp3) is 0.615. The predicted molar refractivity (Wildman–Crippen MR) is 137 cm³/mol. The molecule has 0 radical (unpaired) electrons. The number of carbonyl (C=O) groups excluding carboxylic acids is 1. The minimum Gasteiger partial charge on any atom is -0.393 e. The van der Waals surface area contributed by atoms with Crippen LogP contribution in [0.25, 0.3) is 16.6 Å². The van der Waals surface area contributed by atoms with Gasteiger partial charge in [0.05, 0.1) is 30.6 Å². The quantitative estimate of drug-likeness (QED) is 0.417. The molecule has 0 saturated heterocycles. The van der Waals surface area contributed by atoms with E-state index in [4.69, 9.17) is 9.84 Å². The summed E-state index contributed by atoms with van der Waals surface area (Å²) in [6.45, 7) is 6.53. The van der Waals surface area contributed by atoms with E-state index in [9.17, 15) is 9.90 Å². The Balaban J connectivity index is 1.51. The number of aliphatic hydroxyl groups is 1. The van der Waals surface area contributed by atoms with E-state index in [0.717, 1.165) is 60.9 Å². The summed E-state index contributed by atoms with van der Waals surface area (Å²) in [7, 11) is 1.68. The van der Waals surface area contributed by atoms with Crippen LogP contribution < -0.4 is 10.6 Å². The maximum atomic E-state index is 12.9. The molecule has 1 atom stereocenters. The first-order valence-electron chi connectivity index (χ1n) is 13.0. The zero-order valence-corrected chi connectivity index (χ0v) is 21.6. The molecule has 10 nitrogen and oxygen atoms in total. The van der Waals surface area contributed by atoms with Gasteiger partial charge in [-0.3, -0.25) is 9.48 Å². The summed E-state index contributed by atoms with van der Waals surface area (Å²) < 4.78 is 9.05. The number of aromatic nitrogens is 5. The van der Waals surface area contributed by atoms with Crippen molar-refractivity contribution in [2.45, 2.75) is 88.9 Å². The van der Waals surface area contributed by atoms with Gasteiger partial charge in [-0.1, -0.05) is 0 Å². The molecule has 194 valence electrons. The van der Waals surface area contributed by atoms with Gasteiger partial charge in [-0.2, -0.15) is 5.10 Å². The summed E-state index contributed by atoms with van der Waals surface area (Å²) in [4.78, 5) is 17.5. The van der Waals surface area contributed by atoms with Crippen LogP contribution in [0.15, 0.2) is 24.7 Å². The van der Waals surface area contributed by atoms with Crippen LogP contribution in [0.1, 0.15) is 70.9 Å². The summed E-state index contributed by atoms with van der Waals surface area (Å²) in [6, 6.07) is 2.34. The highest BCUT2D eigenvalue weighted by Crippen LogP contribution is 2.44. The maximum absolute atomic E-state index is 12.9. The van der Waals surface area contributed by atoms with Crippen LogP contribution in [0.2, 0.25) is 0 Å². The summed E-state index contributed by atoms with van der Waals surface area (Å²) in [5.41, 5.74) is 3.36. The summed E-state index contributed by atoms with van der Waals surface area (Å²) >= 11 is 0. The Morgan fingerprint density at radius 3 is 2.64 bits per heavy atom. The lowest BCUT2D eigenvalue weighted by Gasteiger charge is -2.25. The highest BCUT2D eigenvalue weighted by Gasteiger charge is 2.52. The van der Waals surface area contributed by atoms with Gasteiger partial charge in [0.2, 0.25) is 11.9 Å². The maximum Gasteiger partial charge on any atom is 0.248 e. The van der Waals surface area contributed by atoms with Crippen LogP contribution in [0.5, 0.6) is 0 Å². The molecule has 2 saturated carbocycles. The van der Waals surface area contributed by atoms with Gasteiger partial charge >= 0.3 is 0 Å². The Kier molecular flexibility index (Phi) is 6.74. The van der Waals surface area contributed by atoms with E-state index in [1.807, 2.05) is 48.6 Å². The Bertz CT molecular complexity index is 1220. The Morgan fingerprint density at radius 1 is 1.22 bits per heavy atom. The molecule has 3 aromatic rings. The van der Waals surface area contributed by atoms with Gasteiger partial charge in [0.25, 0.3) is 0 Å². The number of fused-ring (bicyclic) bond motifs is 1. The number of carbonyl (C=O) groups is 1. The normalized spacial score (nSPS) is 22.1. The van der Waals surface area contributed by atoms with E-state index in [-0.39, 0.29) is 24.1 Å². The zero-order valence-electron chi connectivity index (χ0n) is 21.6. The fourth-order valence-corrected chi connectivity index (χ4v) is 5.26. The van der Waals surface area contributed by atoms with Crippen LogP contribution >= 0.6 is 0 Å². The van der Waals surface area contributed by atoms with Crippen LogP contribution in [-0.4, -0.2) is 67.3 Å². The first kappa shape index (κ1) is 24.7. The summed E-state index contributed by atoms with van der Waals surface area (Å²) in [6.07, 6.45) is 10.4. The van der Waals surface area contributed by atoms with Gasteiger partial charge in [-0.15, -0.1) is 5.10 Å². The van der Waals surface area contributed by atoms with Crippen molar-refractivity contribution < 1.29 is 14.6 Å². The lowest BCUT2D eigenvalue weighted by molar-refractivity contribution is -0.126. The van der Waals surface area contributed by atoms with Crippen molar-refractivity contribution in [3.8, 4) is 11.1 Å². The number of hydrogen-bond acceptors (Lipinski definition) is 7. The van der Waals surface area contributed by atoms with E-state index in [1.54, 1.807) is 7.11 Å². The van der Waals surface area contributed by atoms with E-state index >= 15 is 0 Å². The van der Waals surface area contributed by atoms with E-state index in [0.29, 0.717) is 18.5 Å². The zero-order chi connectivity index (χ0) is 25.4. The molecule has 2 aliphatic carbocycles. The molecular formula is C26H37N7O3. The van der Waals surface area contributed by atoms with Gasteiger partial charge in [0.1, 0.15) is 5.54 Å². The average molecular weight is 496 g/mol. The molecule has 0 bridgehead atoms. The van der Waals surface area contributed by atoms with E-state index in [1.165, 1.54) is 0 Å². The lowest BCUT2D eigenvalue weighted by Crippen LogP contribution is -2.42. The van der Waals surface area contributed by atoms with Gasteiger partial charge in [0, 0.05) is 48.1 Å². The molecule has 0 spiro atoms. The monoisotopic (exact) mass is 495 g/mol. The second-order valence-corrected chi connectivity index (χ2v) is 10.7. The highest BCUT2D eigenvalue weighted by atomic mass is 16.5.